The normalized spacial score (nSPS) is 24.7. The summed E-state index contributed by atoms with van der Waals surface area (Å²) < 4.78 is 1.11. The fraction of sp³-hybridized carbons (Fsp3) is 0.588. The van der Waals surface area contributed by atoms with Crippen LogP contribution in [0.2, 0.25) is 0 Å². The van der Waals surface area contributed by atoms with Crippen molar-refractivity contribution in [2.75, 3.05) is 6.54 Å². The van der Waals surface area contributed by atoms with Crippen molar-refractivity contribution in [2.24, 2.45) is 0 Å². The summed E-state index contributed by atoms with van der Waals surface area (Å²) >= 11 is 2.25. The van der Waals surface area contributed by atoms with Crippen LogP contribution in [0, 0.1) is 3.57 Å². The molecule has 21 heavy (non-hydrogen) atoms. The van der Waals surface area contributed by atoms with Gasteiger partial charge in [0.05, 0.1) is 0 Å². The van der Waals surface area contributed by atoms with Gasteiger partial charge in [-0.3, -0.25) is 4.79 Å². The highest BCUT2D eigenvalue weighted by atomic mass is 127. The molecule has 1 aromatic rings. The third kappa shape index (κ3) is 3.77. The standard InChI is InChI=1S/C17H23IN2O/c18-14-6-4-5-13(11-14)16(21)20-15-7-10-19-17(12-15)8-2-1-3-9-17/h4-6,11,15,19H,1-3,7-10,12H2,(H,20,21). The number of halogens is 1. The smallest absolute Gasteiger partial charge is 0.251 e. The largest absolute Gasteiger partial charge is 0.349 e. The minimum atomic E-state index is 0.0753. The number of piperidine rings is 1. The lowest BCUT2D eigenvalue weighted by atomic mass is 9.75. The number of nitrogens with one attached hydrogen (secondary N) is 2. The molecular formula is C17H23IN2O. The van der Waals surface area contributed by atoms with Crippen LogP contribution in [0.3, 0.4) is 0 Å². The zero-order chi connectivity index (χ0) is 14.7. The van der Waals surface area contributed by atoms with Gasteiger partial charge in [0.25, 0.3) is 5.91 Å². The molecule has 1 unspecified atom stereocenters. The zero-order valence-electron chi connectivity index (χ0n) is 12.3. The third-order valence-corrected chi connectivity index (χ3v) is 5.53. The summed E-state index contributed by atoms with van der Waals surface area (Å²) in [6, 6.07) is 8.12. The number of carbonyl (C=O) groups excluding carboxylic acids is 1. The number of hydrogen-bond donors (Lipinski definition) is 2. The van der Waals surface area contributed by atoms with Crippen molar-refractivity contribution >= 4 is 28.5 Å². The van der Waals surface area contributed by atoms with Gasteiger partial charge < -0.3 is 10.6 Å². The van der Waals surface area contributed by atoms with E-state index in [0.717, 1.165) is 28.5 Å². The monoisotopic (exact) mass is 398 g/mol. The molecule has 1 aliphatic carbocycles. The number of benzene rings is 1. The van der Waals surface area contributed by atoms with Crippen molar-refractivity contribution in [3.63, 3.8) is 0 Å². The summed E-state index contributed by atoms with van der Waals surface area (Å²) in [5.41, 5.74) is 1.07. The number of amides is 1. The molecule has 4 heteroatoms. The van der Waals surface area contributed by atoms with Gasteiger partial charge in [-0.2, -0.15) is 0 Å². The SMILES string of the molecule is O=C(NC1CCNC2(CCCCC2)C1)c1cccc(I)c1. The van der Waals surface area contributed by atoms with Gasteiger partial charge >= 0.3 is 0 Å². The second-order valence-corrected chi connectivity index (χ2v) is 7.69. The first-order valence-electron chi connectivity index (χ1n) is 7.98. The van der Waals surface area contributed by atoms with Crippen molar-refractivity contribution < 1.29 is 4.79 Å². The fourth-order valence-electron chi connectivity index (χ4n) is 3.79. The summed E-state index contributed by atoms with van der Waals surface area (Å²) in [5.74, 6) is 0.0753. The molecule has 1 amide bonds. The molecule has 1 atom stereocenters. The Balaban J connectivity index is 1.63. The van der Waals surface area contributed by atoms with E-state index in [1.54, 1.807) is 0 Å². The number of carbonyl (C=O) groups is 1. The second kappa shape index (κ2) is 6.65. The molecule has 114 valence electrons. The van der Waals surface area contributed by atoms with Crippen LogP contribution in [-0.4, -0.2) is 24.0 Å². The fourth-order valence-corrected chi connectivity index (χ4v) is 4.33. The van der Waals surface area contributed by atoms with E-state index in [2.05, 4.69) is 33.2 Å². The molecule has 1 spiro atoms. The lowest BCUT2D eigenvalue weighted by molar-refractivity contribution is 0.0892. The van der Waals surface area contributed by atoms with Crippen LogP contribution >= 0.6 is 22.6 Å². The quantitative estimate of drug-likeness (QED) is 0.750. The van der Waals surface area contributed by atoms with Crippen LogP contribution in [0.1, 0.15) is 55.3 Å². The molecule has 2 fully saturated rings. The highest BCUT2D eigenvalue weighted by molar-refractivity contribution is 14.1. The summed E-state index contributed by atoms with van der Waals surface area (Å²) in [4.78, 5) is 12.4. The maximum absolute atomic E-state index is 12.4. The lowest BCUT2D eigenvalue weighted by Gasteiger charge is -2.44. The van der Waals surface area contributed by atoms with Gasteiger partial charge in [-0.15, -0.1) is 0 Å². The molecule has 3 rings (SSSR count). The zero-order valence-corrected chi connectivity index (χ0v) is 14.5. The topological polar surface area (TPSA) is 41.1 Å². The van der Waals surface area contributed by atoms with Crippen LogP contribution in [-0.2, 0) is 0 Å². The van der Waals surface area contributed by atoms with E-state index in [-0.39, 0.29) is 5.91 Å². The number of hydrogen-bond acceptors (Lipinski definition) is 2. The first-order valence-corrected chi connectivity index (χ1v) is 9.06. The third-order valence-electron chi connectivity index (χ3n) is 4.86. The Hall–Kier alpha value is -0.620. The average molecular weight is 398 g/mol. The minimum absolute atomic E-state index is 0.0753. The van der Waals surface area contributed by atoms with Gasteiger partial charge in [0.2, 0.25) is 0 Å². The summed E-state index contributed by atoms with van der Waals surface area (Å²) in [5, 5.41) is 6.99. The highest BCUT2D eigenvalue weighted by Gasteiger charge is 2.37. The van der Waals surface area contributed by atoms with E-state index in [0.29, 0.717) is 11.6 Å². The Labute approximate surface area is 140 Å². The minimum Gasteiger partial charge on any atom is -0.349 e. The first-order chi connectivity index (χ1) is 10.2. The van der Waals surface area contributed by atoms with Gasteiger partial charge in [0.15, 0.2) is 0 Å². The van der Waals surface area contributed by atoms with Crippen molar-refractivity contribution in [3.8, 4) is 0 Å². The summed E-state index contributed by atoms with van der Waals surface area (Å²) in [7, 11) is 0. The van der Waals surface area contributed by atoms with Gasteiger partial charge in [-0.25, -0.2) is 0 Å². The van der Waals surface area contributed by atoms with Crippen LogP contribution in [0.15, 0.2) is 24.3 Å². The molecule has 3 nitrogen and oxygen atoms in total. The molecule has 1 heterocycles. The van der Waals surface area contributed by atoms with Gasteiger partial charge in [0, 0.05) is 20.7 Å². The average Bonchev–Trinajstić information content (AvgIpc) is 2.48. The van der Waals surface area contributed by atoms with E-state index in [9.17, 15) is 4.79 Å². The van der Waals surface area contributed by atoms with Crippen molar-refractivity contribution in [1.29, 1.82) is 0 Å². The van der Waals surface area contributed by atoms with Crippen LogP contribution < -0.4 is 10.6 Å². The molecule has 2 aliphatic rings. The van der Waals surface area contributed by atoms with E-state index in [1.807, 2.05) is 24.3 Å². The van der Waals surface area contributed by atoms with Gasteiger partial charge in [0.1, 0.15) is 0 Å². The van der Waals surface area contributed by atoms with Crippen LogP contribution in [0.4, 0.5) is 0 Å². The molecular weight excluding hydrogens is 375 g/mol. The second-order valence-electron chi connectivity index (χ2n) is 6.44. The molecule has 0 aromatic heterocycles. The molecule has 1 aromatic carbocycles. The van der Waals surface area contributed by atoms with Crippen molar-refractivity contribution in [1.82, 2.24) is 10.6 Å². The van der Waals surface area contributed by atoms with E-state index >= 15 is 0 Å². The Bertz CT molecular complexity index is 506. The van der Waals surface area contributed by atoms with Crippen LogP contribution in [0.25, 0.3) is 0 Å². The Morgan fingerprint density at radius 3 is 2.86 bits per heavy atom. The van der Waals surface area contributed by atoms with Crippen molar-refractivity contribution in [3.05, 3.63) is 33.4 Å². The number of rotatable bonds is 2. The van der Waals surface area contributed by atoms with Gasteiger partial charge in [-0.05, 0) is 73.0 Å². The molecule has 1 saturated heterocycles. The molecule has 0 bridgehead atoms. The van der Waals surface area contributed by atoms with E-state index in [4.69, 9.17) is 0 Å². The lowest BCUT2D eigenvalue weighted by Crippen LogP contribution is -2.57. The maximum Gasteiger partial charge on any atom is 0.251 e. The highest BCUT2D eigenvalue weighted by Crippen LogP contribution is 2.34. The Kier molecular flexibility index (Phi) is 4.84. The molecule has 2 N–H and O–H groups in total. The molecule has 0 radical (unpaired) electrons. The van der Waals surface area contributed by atoms with Gasteiger partial charge in [-0.1, -0.05) is 25.3 Å². The summed E-state index contributed by atoms with van der Waals surface area (Å²) in [6.45, 7) is 1.03. The maximum atomic E-state index is 12.4. The predicted octanol–water partition coefficient (Wildman–Crippen LogP) is 3.48. The van der Waals surface area contributed by atoms with E-state index in [1.165, 1.54) is 32.1 Å². The Morgan fingerprint density at radius 2 is 2.10 bits per heavy atom. The predicted molar refractivity (Wildman–Crippen MR) is 93.5 cm³/mol. The first kappa shape index (κ1) is 15.3. The summed E-state index contributed by atoms with van der Waals surface area (Å²) in [6.07, 6.45) is 8.67. The molecule has 1 saturated carbocycles. The van der Waals surface area contributed by atoms with E-state index < -0.39 is 0 Å². The Morgan fingerprint density at radius 1 is 1.29 bits per heavy atom. The van der Waals surface area contributed by atoms with Crippen molar-refractivity contribution in [2.45, 2.75) is 56.5 Å². The van der Waals surface area contributed by atoms with Crippen LogP contribution in [0.5, 0.6) is 0 Å². The molecule has 1 aliphatic heterocycles.